The molecule has 0 saturated carbocycles. The van der Waals surface area contributed by atoms with Crippen molar-refractivity contribution in [2.24, 2.45) is 0 Å². The van der Waals surface area contributed by atoms with E-state index in [1.165, 1.54) is 47.9 Å². The lowest BCUT2D eigenvalue weighted by atomic mass is 9.98. The number of carbonyl (C=O) groups excluding carboxylic acids is 1. The topological polar surface area (TPSA) is 106 Å². The molecule has 4 aromatic rings. The van der Waals surface area contributed by atoms with Gasteiger partial charge in [0, 0.05) is 22.9 Å². The minimum atomic E-state index is -0.661. The van der Waals surface area contributed by atoms with Crippen LogP contribution < -0.4 is 16.4 Å². The Morgan fingerprint density at radius 1 is 1.00 bits per heavy atom. The number of benzene rings is 2. The molecule has 0 atom stereocenters. The number of amides is 2. The zero-order chi connectivity index (χ0) is 24.5. The molecule has 2 aromatic carbocycles. The van der Waals surface area contributed by atoms with Crippen molar-refractivity contribution in [1.82, 2.24) is 15.0 Å². The maximum atomic E-state index is 15.6. The van der Waals surface area contributed by atoms with Crippen molar-refractivity contribution in [3.63, 3.8) is 0 Å². The first-order chi connectivity index (χ1) is 16.1. The molecule has 0 aliphatic heterocycles. The molecule has 10 heteroatoms. The molecular weight excluding hydrogens is 458 g/mol. The Morgan fingerprint density at radius 2 is 1.74 bits per heavy atom. The number of urea groups is 1. The Bertz CT molecular complexity index is 1350. The van der Waals surface area contributed by atoms with E-state index < -0.39 is 17.7 Å². The quantitative estimate of drug-likeness (QED) is 0.329. The maximum Gasteiger partial charge on any atom is 0.323 e. The number of thiazole rings is 1. The third-order valence-electron chi connectivity index (χ3n) is 4.78. The first-order valence-corrected chi connectivity index (χ1v) is 11.2. The summed E-state index contributed by atoms with van der Waals surface area (Å²) >= 11 is 1.35. The predicted octanol–water partition coefficient (Wildman–Crippen LogP) is 6.07. The third kappa shape index (κ3) is 5.01. The lowest BCUT2D eigenvalue weighted by Crippen LogP contribution is -2.20. The molecule has 0 bridgehead atoms. The molecule has 4 rings (SSSR count). The molecule has 174 valence electrons. The normalized spacial score (nSPS) is 11.3. The first kappa shape index (κ1) is 23.2. The molecule has 0 fully saturated rings. The van der Waals surface area contributed by atoms with Crippen LogP contribution in [0.2, 0.25) is 0 Å². The number of anilines is 3. The molecule has 0 aliphatic rings. The van der Waals surface area contributed by atoms with Gasteiger partial charge < -0.3 is 16.4 Å². The molecule has 34 heavy (non-hydrogen) atoms. The molecular formula is C24H22F2N6OS. The van der Waals surface area contributed by atoms with Crippen molar-refractivity contribution in [2.75, 3.05) is 16.4 Å². The van der Waals surface area contributed by atoms with E-state index in [0.29, 0.717) is 22.0 Å². The van der Waals surface area contributed by atoms with Crippen molar-refractivity contribution < 1.29 is 13.6 Å². The van der Waals surface area contributed by atoms with Crippen molar-refractivity contribution in [3.8, 4) is 21.8 Å². The van der Waals surface area contributed by atoms with Gasteiger partial charge in [0.1, 0.15) is 11.5 Å². The molecule has 2 aromatic heterocycles. The van der Waals surface area contributed by atoms with Crippen LogP contribution in [0.3, 0.4) is 0 Å². The van der Waals surface area contributed by atoms with E-state index in [0.717, 1.165) is 5.01 Å². The van der Waals surface area contributed by atoms with Gasteiger partial charge in [-0.1, -0.05) is 32.9 Å². The highest BCUT2D eigenvalue weighted by molar-refractivity contribution is 7.15. The zero-order valence-corrected chi connectivity index (χ0v) is 19.5. The minimum Gasteiger partial charge on any atom is -0.368 e. The minimum absolute atomic E-state index is 0.0176. The lowest BCUT2D eigenvalue weighted by molar-refractivity contribution is 0.262. The summed E-state index contributed by atoms with van der Waals surface area (Å²) in [6, 6.07) is 11.0. The van der Waals surface area contributed by atoms with Crippen molar-refractivity contribution in [1.29, 1.82) is 0 Å². The van der Waals surface area contributed by atoms with E-state index in [-0.39, 0.29) is 22.6 Å². The number of halogens is 2. The molecule has 7 nitrogen and oxygen atoms in total. The highest BCUT2D eigenvalue weighted by Crippen LogP contribution is 2.42. The summed E-state index contributed by atoms with van der Waals surface area (Å²) in [7, 11) is 0. The van der Waals surface area contributed by atoms with Gasteiger partial charge in [-0.2, -0.15) is 0 Å². The van der Waals surface area contributed by atoms with E-state index in [1.54, 1.807) is 18.2 Å². The maximum absolute atomic E-state index is 15.6. The van der Waals surface area contributed by atoms with Gasteiger partial charge >= 0.3 is 6.03 Å². The van der Waals surface area contributed by atoms with Gasteiger partial charge in [0.15, 0.2) is 5.82 Å². The zero-order valence-electron chi connectivity index (χ0n) is 18.7. The van der Waals surface area contributed by atoms with Crippen molar-refractivity contribution >= 4 is 34.7 Å². The second-order valence-corrected chi connectivity index (χ2v) is 9.50. The van der Waals surface area contributed by atoms with Gasteiger partial charge in [-0.15, -0.1) is 11.3 Å². The summed E-state index contributed by atoms with van der Waals surface area (Å²) in [6.07, 6.45) is 1.52. The smallest absolute Gasteiger partial charge is 0.323 e. The van der Waals surface area contributed by atoms with Crippen LogP contribution in [0.15, 0.2) is 54.7 Å². The standard InChI is InChI=1S/C24H22F2N6OS/c1-24(2,3)21-32-19(17-11-12-28-22(27)30-17)20(34-21)15-5-4-6-16(18(15)26)31-23(33)29-14-9-7-13(25)8-10-14/h4-12H,1-3H3,(H2,27,28,30)(H2,29,31,33). The van der Waals surface area contributed by atoms with Crippen LogP contribution in [0.1, 0.15) is 25.8 Å². The number of nitrogens with two attached hydrogens (primary N) is 1. The predicted molar refractivity (Wildman–Crippen MR) is 131 cm³/mol. The third-order valence-corrected chi connectivity index (χ3v) is 6.29. The van der Waals surface area contributed by atoms with Gasteiger partial charge in [0.05, 0.1) is 21.3 Å². The fourth-order valence-corrected chi connectivity index (χ4v) is 4.28. The lowest BCUT2D eigenvalue weighted by Gasteiger charge is -2.13. The summed E-state index contributed by atoms with van der Waals surface area (Å²) in [4.78, 5) is 25.9. The van der Waals surface area contributed by atoms with E-state index in [9.17, 15) is 9.18 Å². The number of nitrogens with zero attached hydrogens (tertiary/aromatic N) is 3. The van der Waals surface area contributed by atoms with Crippen LogP contribution >= 0.6 is 11.3 Å². The van der Waals surface area contributed by atoms with Gasteiger partial charge in [-0.3, -0.25) is 0 Å². The fourth-order valence-electron chi connectivity index (χ4n) is 3.12. The summed E-state index contributed by atoms with van der Waals surface area (Å²) in [5.74, 6) is -0.962. The Balaban J connectivity index is 1.71. The number of rotatable bonds is 4. The number of nitrogen functional groups attached to an aromatic ring is 1. The van der Waals surface area contributed by atoms with Crippen molar-refractivity contribution in [2.45, 2.75) is 26.2 Å². The summed E-state index contributed by atoms with van der Waals surface area (Å²) in [5.41, 5.74) is 7.05. The summed E-state index contributed by atoms with van der Waals surface area (Å²) in [5, 5.41) is 5.85. The Labute approximate surface area is 199 Å². The van der Waals surface area contributed by atoms with Gasteiger partial charge in [-0.05, 0) is 36.4 Å². The second-order valence-electron chi connectivity index (χ2n) is 8.50. The van der Waals surface area contributed by atoms with E-state index in [4.69, 9.17) is 10.7 Å². The molecule has 0 saturated heterocycles. The molecule has 2 heterocycles. The van der Waals surface area contributed by atoms with Crippen LogP contribution in [-0.2, 0) is 5.41 Å². The van der Waals surface area contributed by atoms with Crippen LogP contribution in [-0.4, -0.2) is 21.0 Å². The van der Waals surface area contributed by atoms with E-state index in [2.05, 4.69) is 20.6 Å². The Morgan fingerprint density at radius 3 is 2.41 bits per heavy atom. The van der Waals surface area contributed by atoms with Gasteiger partial charge in [-0.25, -0.2) is 28.5 Å². The second kappa shape index (κ2) is 9.14. The first-order valence-electron chi connectivity index (χ1n) is 10.3. The molecule has 0 spiro atoms. The highest BCUT2D eigenvalue weighted by Gasteiger charge is 2.26. The van der Waals surface area contributed by atoms with Crippen LogP contribution in [0, 0.1) is 11.6 Å². The molecule has 0 aliphatic carbocycles. The summed E-state index contributed by atoms with van der Waals surface area (Å²) in [6.45, 7) is 6.05. The van der Waals surface area contributed by atoms with Crippen molar-refractivity contribution in [3.05, 3.63) is 71.4 Å². The van der Waals surface area contributed by atoms with E-state index in [1.807, 2.05) is 20.8 Å². The SMILES string of the molecule is CC(C)(C)c1nc(-c2ccnc(N)n2)c(-c2cccc(NC(=O)Nc3ccc(F)cc3)c2F)s1. The molecule has 2 amide bonds. The number of hydrogen-bond donors (Lipinski definition) is 3. The average Bonchev–Trinajstić information content (AvgIpc) is 3.23. The van der Waals surface area contributed by atoms with Gasteiger partial charge in [0.2, 0.25) is 5.95 Å². The number of hydrogen-bond acceptors (Lipinski definition) is 6. The molecule has 4 N–H and O–H groups in total. The molecule has 0 unspecified atom stereocenters. The largest absolute Gasteiger partial charge is 0.368 e. The van der Waals surface area contributed by atoms with Crippen LogP contribution in [0.4, 0.5) is 30.9 Å². The highest BCUT2D eigenvalue weighted by atomic mass is 32.1. The average molecular weight is 481 g/mol. The number of nitrogens with one attached hydrogen (secondary N) is 2. The fraction of sp³-hybridized carbons (Fsp3) is 0.167. The Hall–Kier alpha value is -3.92. The monoisotopic (exact) mass is 480 g/mol. The van der Waals surface area contributed by atoms with Gasteiger partial charge in [0.25, 0.3) is 0 Å². The molecule has 0 radical (unpaired) electrons. The van der Waals surface area contributed by atoms with Crippen LogP contribution in [0.25, 0.3) is 21.8 Å². The number of carbonyl (C=O) groups is 1. The van der Waals surface area contributed by atoms with E-state index >= 15 is 4.39 Å². The number of aromatic nitrogens is 3. The summed E-state index contributed by atoms with van der Waals surface area (Å²) < 4.78 is 28.7. The van der Waals surface area contributed by atoms with Crippen LogP contribution in [0.5, 0.6) is 0 Å². The Kier molecular flexibility index (Phi) is 6.25.